The molecule has 10 heteroatoms. The Bertz CT molecular complexity index is 1130. The molecule has 0 saturated carbocycles. The number of rotatable bonds is 9. The van der Waals surface area contributed by atoms with Crippen molar-refractivity contribution < 1.29 is 27.5 Å². The summed E-state index contributed by atoms with van der Waals surface area (Å²) in [6.45, 7) is 2.30. The minimum atomic E-state index is -3.68. The number of anilines is 1. The maximum Gasteiger partial charge on any atom is 0.255 e. The van der Waals surface area contributed by atoms with Crippen LogP contribution in [-0.4, -0.2) is 46.4 Å². The minimum absolute atomic E-state index is 0.0496. The van der Waals surface area contributed by atoms with Crippen LogP contribution in [0.4, 0.5) is 5.69 Å². The van der Waals surface area contributed by atoms with Crippen molar-refractivity contribution >= 4 is 33.4 Å². The molecule has 0 radical (unpaired) electrons. The Labute approximate surface area is 193 Å². The van der Waals surface area contributed by atoms with E-state index in [1.807, 2.05) is 6.92 Å². The lowest BCUT2D eigenvalue weighted by atomic mass is 9.72. The Kier molecular flexibility index (Phi) is 7.62. The summed E-state index contributed by atoms with van der Waals surface area (Å²) in [5.41, 5.74) is 0.837. The van der Waals surface area contributed by atoms with Gasteiger partial charge in [-0.3, -0.25) is 19.7 Å². The largest absolute Gasteiger partial charge is 0.383 e. The molecule has 1 heterocycles. The molecule has 1 atom stereocenters. The molecule has 176 valence electrons. The van der Waals surface area contributed by atoms with Crippen molar-refractivity contribution in [3.05, 3.63) is 59.7 Å². The van der Waals surface area contributed by atoms with Crippen molar-refractivity contribution in [1.29, 1.82) is 0 Å². The number of ether oxygens (including phenoxy) is 1. The van der Waals surface area contributed by atoms with Gasteiger partial charge in [-0.25, -0.2) is 13.1 Å². The molecule has 0 aromatic heterocycles. The average molecular weight is 474 g/mol. The summed E-state index contributed by atoms with van der Waals surface area (Å²) in [7, 11) is -2.20. The fourth-order valence-corrected chi connectivity index (χ4v) is 4.80. The zero-order chi connectivity index (χ0) is 24.1. The normalized spacial score (nSPS) is 18.6. The lowest BCUT2D eigenvalue weighted by molar-refractivity contribution is -0.138. The van der Waals surface area contributed by atoms with Crippen LogP contribution >= 0.6 is 0 Å². The molecule has 1 aliphatic heterocycles. The Morgan fingerprint density at radius 3 is 2.33 bits per heavy atom. The molecule has 0 bridgehead atoms. The van der Waals surface area contributed by atoms with E-state index in [1.165, 1.54) is 31.4 Å². The molecular weight excluding hydrogens is 446 g/mol. The Morgan fingerprint density at radius 2 is 1.76 bits per heavy atom. The van der Waals surface area contributed by atoms with Gasteiger partial charge in [0.1, 0.15) is 0 Å². The van der Waals surface area contributed by atoms with Crippen LogP contribution in [0.1, 0.15) is 42.1 Å². The molecule has 2 aromatic carbocycles. The lowest BCUT2D eigenvalue weighted by Crippen LogP contribution is -2.51. The average Bonchev–Trinajstić information content (AvgIpc) is 2.80. The van der Waals surface area contributed by atoms with E-state index in [0.29, 0.717) is 24.1 Å². The van der Waals surface area contributed by atoms with E-state index in [9.17, 15) is 22.8 Å². The van der Waals surface area contributed by atoms with Crippen LogP contribution in [0.5, 0.6) is 0 Å². The van der Waals surface area contributed by atoms with Gasteiger partial charge < -0.3 is 10.1 Å². The van der Waals surface area contributed by atoms with Crippen molar-refractivity contribution in [2.45, 2.75) is 36.5 Å². The van der Waals surface area contributed by atoms with Gasteiger partial charge in [0, 0.05) is 31.3 Å². The molecule has 33 heavy (non-hydrogen) atoms. The first-order chi connectivity index (χ1) is 15.7. The number of methoxy groups -OCH3 is 1. The van der Waals surface area contributed by atoms with E-state index < -0.39 is 21.3 Å². The zero-order valence-corrected chi connectivity index (χ0v) is 19.3. The third kappa shape index (κ3) is 5.47. The molecule has 3 N–H and O–H groups in total. The molecule has 1 fully saturated rings. The van der Waals surface area contributed by atoms with Gasteiger partial charge in [0.25, 0.3) is 5.91 Å². The van der Waals surface area contributed by atoms with E-state index in [-0.39, 0.29) is 36.3 Å². The molecule has 1 unspecified atom stereocenters. The van der Waals surface area contributed by atoms with E-state index in [4.69, 9.17) is 4.74 Å². The first kappa shape index (κ1) is 24.6. The number of amides is 3. The Balaban J connectivity index is 1.68. The summed E-state index contributed by atoms with van der Waals surface area (Å²) in [6, 6.07) is 12.5. The summed E-state index contributed by atoms with van der Waals surface area (Å²) in [6.07, 6.45) is 1.27. The first-order valence-corrected chi connectivity index (χ1v) is 12.0. The zero-order valence-electron chi connectivity index (χ0n) is 18.5. The lowest BCUT2D eigenvalue weighted by Gasteiger charge is -2.35. The molecular formula is C23H27N3O6S. The molecule has 2 aromatic rings. The van der Waals surface area contributed by atoms with Gasteiger partial charge in [-0.1, -0.05) is 19.1 Å². The highest BCUT2D eigenvalue weighted by Crippen LogP contribution is 2.36. The van der Waals surface area contributed by atoms with Crippen molar-refractivity contribution in [2.75, 3.05) is 25.6 Å². The fraction of sp³-hybridized carbons (Fsp3) is 0.348. The fourth-order valence-electron chi connectivity index (χ4n) is 3.79. The number of nitrogens with one attached hydrogen (secondary N) is 3. The van der Waals surface area contributed by atoms with Crippen molar-refractivity contribution in [1.82, 2.24) is 10.0 Å². The second-order valence-corrected chi connectivity index (χ2v) is 9.53. The monoisotopic (exact) mass is 473 g/mol. The van der Waals surface area contributed by atoms with E-state index in [2.05, 4.69) is 15.4 Å². The number of hydrogen-bond donors (Lipinski definition) is 3. The third-order valence-corrected chi connectivity index (χ3v) is 7.27. The van der Waals surface area contributed by atoms with Crippen LogP contribution in [0.15, 0.2) is 53.4 Å². The van der Waals surface area contributed by atoms with Crippen LogP contribution in [0.2, 0.25) is 0 Å². The predicted molar refractivity (Wildman–Crippen MR) is 122 cm³/mol. The quantitative estimate of drug-likeness (QED) is 0.377. The predicted octanol–water partition coefficient (Wildman–Crippen LogP) is 1.95. The Morgan fingerprint density at radius 1 is 1.09 bits per heavy atom. The maximum absolute atomic E-state index is 12.6. The molecule has 3 rings (SSSR count). The van der Waals surface area contributed by atoms with Crippen LogP contribution in [0.3, 0.4) is 0 Å². The Hall–Kier alpha value is -3.08. The first-order valence-electron chi connectivity index (χ1n) is 10.6. The van der Waals surface area contributed by atoms with E-state index in [0.717, 1.165) is 5.56 Å². The van der Waals surface area contributed by atoms with Crippen molar-refractivity contribution in [3.8, 4) is 0 Å². The van der Waals surface area contributed by atoms with Crippen molar-refractivity contribution in [2.24, 2.45) is 0 Å². The van der Waals surface area contributed by atoms with Crippen LogP contribution in [0.25, 0.3) is 0 Å². The molecule has 9 nitrogen and oxygen atoms in total. The summed E-state index contributed by atoms with van der Waals surface area (Å²) in [4.78, 5) is 36.7. The molecule has 1 aliphatic rings. The number of imide groups is 1. The summed E-state index contributed by atoms with van der Waals surface area (Å²) < 4.78 is 31.7. The smallest absolute Gasteiger partial charge is 0.255 e. The number of benzene rings is 2. The standard InChI is InChI=1S/C23H27N3O6S/c1-3-23(13-12-20(27)26-22(23)29)17-6-8-18(9-7-17)25-21(28)16-4-10-19(11-5-16)33(30,31)24-14-15-32-2/h4-11,24H,3,12-15H2,1-2H3,(H,25,28)(H,26,27,29). The maximum atomic E-state index is 12.6. The van der Waals surface area contributed by atoms with Gasteiger partial charge in [-0.2, -0.15) is 0 Å². The molecule has 3 amide bonds. The number of sulfonamides is 1. The van der Waals surface area contributed by atoms with Crippen LogP contribution < -0.4 is 15.4 Å². The van der Waals surface area contributed by atoms with Crippen molar-refractivity contribution in [3.63, 3.8) is 0 Å². The highest BCUT2D eigenvalue weighted by atomic mass is 32.2. The highest BCUT2D eigenvalue weighted by molar-refractivity contribution is 7.89. The topological polar surface area (TPSA) is 131 Å². The molecule has 0 aliphatic carbocycles. The minimum Gasteiger partial charge on any atom is -0.383 e. The summed E-state index contributed by atoms with van der Waals surface area (Å²) in [5, 5.41) is 5.18. The van der Waals surface area contributed by atoms with Gasteiger partial charge in [0.2, 0.25) is 21.8 Å². The number of carbonyl (C=O) groups excluding carboxylic acids is 3. The second-order valence-electron chi connectivity index (χ2n) is 7.76. The van der Waals surface area contributed by atoms with Gasteiger partial charge in [0.15, 0.2) is 0 Å². The summed E-state index contributed by atoms with van der Waals surface area (Å²) >= 11 is 0. The van der Waals surface area contributed by atoms with Crippen LogP contribution in [-0.2, 0) is 29.8 Å². The van der Waals surface area contributed by atoms with E-state index >= 15 is 0 Å². The number of hydrogen-bond acceptors (Lipinski definition) is 6. The molecule has 0 spiro atoms. The third-order valence-electron chi connectivity index (χ3n) is 5.79. The second kappa shape index (κ2) is 10.2. The summed E-state index contributed by atoms with van der Waals surface area (Å²) in [5.74, 6) is -0.965. The number of carbonyl (C=O) groups is 3. The van der Waals surface area contributed by atoms with E-state index in [1.54, 1.807) is 24.3 Å². The molecule has 1 saturated heterocycles. The SMILES string of the molecule is CCC1(c2ccc(NC(=O)c3ccc(S(=O)(=O)NCCOC)cc3)cc2)CCC(=O)NC1=O. The number of piperidine rings is 1. The van der Waals surface area contributed by atoms with Gasteiger partial charge >= 0.3 is 0 Å². The highest BCUT2D eigenvalue weighted by Gasteiger charge is 2.42. The van der Waals surface area contributed by atoms with Crippen LogP contribution in [0, 0.1) is 0 Å². The van der Waals surface area contributed by atoms with Gasteiger partial charge in [0.05, 0.1) is 16.9 Å². The van der Waals surface area contributed by atoms with Gasteiger partial charge in [-0.05, 0) is 54.8 Å². The van der Waals surface area contributed by atoms with Gasteiger partial charge in [-0.15, -0.1) is 0 Å².